The molecule has 1 aromatic rings. The summed E-state index contributed by atoms with van der Waals surface area (Å²) in [4.78, 5) is 0. The third-order valence-electron chi connectivity index (χ3n) is 5.27. The zero-order valence-corrected chi connectivity index (χ0v) is 13.9. The second-order valence-electron chi connectivity index (χ2n) is 7.97. The van der Waals surface area contributed by atoms with Crippen LogP contribution in [-0.4, -0.2) is 0 Å². The molecule has 0 radical (unpaired) electrons. The van der Waals surface area contributed by atoms with Crippen molar-refractivity contribution in [1.29, 1.82) is 0 Å². The van der Waals surface area contributed by atoms with Gasteiger partial charge in [0, 0.05) is 5.54 Å². The molecule has 112 valence electrons. The molecule has 1 nitrogen and oxygen atoms in total. The fourth-order valence-electron chi connectivity index (χ4n) is 3.77. The molecule has 0 heterocycles. The smallest absolute Gasteiger partial charge is 0.0412 e. The monoisotopic (exact) mass is 273 g/mol. The highest BCUT2D eigenvalue weighted by atomic mass is 14.7. The molecular formula is C19H31N. The SMILES string of the molecule is Cc1ccc(C)c(C2(N)CCCC(C(C)(C)C)CC2)c1. The van der Waals surface area contributed by atoms with Gasteiger partial charge in [-0.1, -0.05) is 51.0 Å². The highest BCUT2D eigenvalue weighted by molar-refractivity contribution is 5.36. The van der Waals surface area contributed by atoms with Crippen molar-refractivity contribution in [2.45, 2.75) is 72.3 Å². The molecule has 2 atom stereocenters. The summed E-state index contributed by atoms with van der Waals surface area (Å²) in [6.45, 7) is 11.5. The van der Waals surface area contributed by atoms with Gasteiger partial charge in [0.1, 0.15) is 0 Å². The van der Waals surface area contributed by atoms with E-state index in [4.69, 9.17) is 5.73 Å². The first kappa shape index (κ1) is 15.6. The van der Waals surface area contributed by atoms with Gasteiger partial charge in [-0.05, 0) is 62.0 Å². The van der Waals surface area contributed by atoms with E-state index in [-0.39, 0.29) is 5.54 Å². The van der Waals surface area contributed by atoms with Crippen LogP contribution in [0.25, 0.3) is 0 Å². The van der Waals surface area contributed by atoms with Gasteiger partial charge in [-0.3, -0.25) is 0 Å². The Kier molecular flexibility index (Phi) is 4.30. The summed E-state index contributed by atoms with van der Waals surface area (Å²) < 4.78 is 0. The number of hydrogen-bond acceptors (Lipinski definition) is 1. The lowest BCUT2D eigenvalue weighted by Crippen LogP contribution is -2.37. The summed E-state index contributed by atoms with van der Waals surface area (Å²) in [5.41, 5.74) is 11.2. The number of rotatable bonds is 1. The van der Waals surface area contributed by atoms with Gasteiger partial charge in [0.05, 0.1) is 0 Å². The van der Waals surface area contributed by atoms with Crippen LogP contribution in [0.1, 0.15) is 69.6 Å². The third kappa shape index (κ3) is 3.25. The molecular weight excluding hydrogens is 242 g/mol. The molecule has 2 N–H and O–H groups in total. The van der Waals surface area contributed by atoms with Crippen molar-refractivity contribution in [2.75, 3.05) is 0 Å². The van der Waals surface area contributed by atoms with Gasteiger partial charge in [0.2, 0.25) is 0 Å². The second-order valence-corrected chi connectivity index (χ2v) is 7.97. The Morgan fingerprint density at radius 2 is 1.80 bits per heavy atom. The Hall–Kier alpha value is -0.820. The lowest BCUT2D eigenvalue weighted by atomic mass is 9.75. The predicted octanol–water partition coefficient (Wildman–Crippen LogP) is 5.08. The first-order chi connectivity index (χ1) is 9.22. The average molecular weight is 273 g/mol. The maximum absolute atomic E-state index is 6.86. The van der Waals surface area contributed by atoms with Crippen molar-refractivity contribution in [1.82, 2.24) is 0 Å². The topological polar surface area (TPSA) is 26.0 Å². The fourth-order valence-corrected chi connectivity index (χ4v) is 3.77. The van der Waals surface area contributed by atoms with Gasteiger partial charge in [0.25, 0.3) is 0 Å². The van der Waals surface area contributed by atoms with Crippen LogP contribution in [-0.2, 0) is 5.54 Å². The van der Waals surface area contributed by atoms with Crippen LogP contribution in [0.3, 0.4) is 0 Å². The van der Waals surface area contributed by atoms with Gasteiger partial charge in [-0.25, -0.2) is 0 Å². The third-order valence-corrected chi connectivity index (χ3v) is 5.27. The largest absolute Gasteiger partial charge is 0.321 e. The quantitative estimate of drug-likeness (QED) is 0.709. The van der Waals surface area contributed by atoms with Gasteiger partial charge in [-0.2, -0.15) is 0 Å². The molecule has 1 aliphatic carbocycles. The molecule has 0 spiro atoms. The van der Waals surface area contributed by atoms with E-state index < -0.39 is 0 Å². The number of aryl methyl sites for hydroxylation is 2. The van der Waals surface area contributed by atoms with Crippen molar-refractivity contribution < 1.29 is 0 Å². The molecule has 1 aromatic carbocycles. The van der Waals surface area contributed by atoms with Crippen molar-refractivity contribution in [3.05, 3.63) is 34.9 Å². The lowest BCUT2D eigenvalue weighted by molar-refractivity contribution is 0.210. The Bertz CT molecular complexity index is 469. The van der Waals surface area contributed by atoms with Gasteiger partial charge in [0.15, 0.2) is 0 Å². The van der Waals surface area contributed by atoms with Gasteiger partial charge in [-0.15, -0.1) is 0 Å². The normalized spacial score (nSPS) is 28.2. The van der Waals surface area contributed by atoms with Crippen molar-refractivity contribution in [3.8, 4) is 0 Å². The Morgan fingerprint density at radius 3 is 2.45 bits per heavy atom. The minimum absolute atomic E-state index is 0.115. The van der Waals surface area contributed by atoms with E-state index in [1.54, 1.807) is 0 Å². The summed E-state index contributed by atoms with van der Waals surface area (Å²) >= 11 is 0. The molecule has 0 amide bonds. The number of benzene rings is 1. The molecule has 2 unspecified atom stereocenters. The molecule has 20 heavy (non-hydrogen) atoms. The summed E-state index contributed by atoms with van der Waals surface area (Å²) in [7, 11) is 0. The highest BCUT2D eigenvalue weighted by Crippen LogP contribution is 2.43. The van der Waals surface area contributed by atoms with Crippen LogP contribution in [0.2, 0.25) is 0 Å². The first-order valence-corrected chi connectivity index (χ1v) is 8.09. The zero-order valence-electron chi connectivity index (χ0n) is 13.9. The molecule has 2 rings (SSSR count). The Morgan fingerprint density at radius 1 is 1.10 bits per heavy atom. The van der Waals surface area contributed by atoms with E-state index in [1.807, 2.05) is 0 Å². The van der Waals surface area contributed by atoms with E-state index in [2.05, 4.69) is 52.8 Å². The van der Waals surface area contributed by atoms with Crippen LogP contribution in [0.5, 0.6) is 0 Å². The molecule has 0 bridgehead atoms. The number of hydrogen-bond donors (Lipinski definition) is 1. The molecule has 0 aromatic heterocycles. The summed E-state index contributed by atoms with van der Waals surface area (Å²) in [6.07, 6.45) is 6.09. The summed E-state index contributed by atoms with van der Waals surface area (Å²) in [6, 6.07) is 6.73. The zero-order chi connectivity index (χ0) is 15.0. The molecule has 1 saturated carbocycles. The predicted molar refractivity (Wildman–Crippen MR) is 87.8 cm³/mol. The van der Waals surface area contributed by atoms with Crippen LogP contribution >= 0.6 is 0 Å². The second kappa shape index (κ2) is 5.52. The summed E-state index contributed by atoms with van der Waals surface area (Å²) in [5.74, 6) is 0.804. The van der Waals surface area contributed by atoms with Crippen molar-refractivity contribution >= 4 is 0 Å². The molecule has 1 aliphatic rings. The Labute approximate surface area is 125 Å². The maximum atomic E-state index is 6.86. The highest BCUT2D eigenvalue weighted by Gasteiger charge is 2.35. The van der Waals surface area contributed by atoms with Crippen LogP contribution in [0.4, 0.5) is 0 Å². The lowest BCUT2D eigenvalue weighted by Gasteiger charge is -2.32. The van der Waals surface area contributed by atoms with E-state index in [0.29, 0.717) is 5.41 Å². The van der Waals surface area contributed by atoms with Crippen LogP contribution < -0.4 is 5.73 Å². The van der Waals surface area contributed by atoms with Gasteiger partial charge >= 0.3 is 0 Å². The van der Waals surface area contributed by atoms with Crippen LogP contribution in [0, 0.1) is 25.2 Å². The minimum Gasteiger partial charge on any atom is -0.321 e. The molecule has 0 saturated heterocycles. The standard InChI is InChI=1S/C19H31N/c1-14-8-9-15(2)17(13-14)19(20)11-6-7-16(10-12-19)18(3,4)5/h8-9,13,16H,6-7,10-12,20H2,1-5H3. The summed E-state index contributed by atoms with van der Waals surface area (Å²) in [5, 5.41) is 0. The average Bonchev–Trinajstić information content (AvgIpc) is 2.55. The van der Waals surface area contributed by atoms with Crippen molar-refractivity contribution in [3.63, 3.8) is 0 Å². The molecule has 1 heteroatoms. The number of nitrogens with two attached hydrogens (primary N) is 1. The van der Waals surface area contributed by atoms with Crippen LogP contribution in [0.15, 0.2) is 18.2 Å². The molecule has 1 fully saturated rings. The van der Waals surface area contributed by atoms with E-state index in [9.17, 15) is 0 Å². The minimum atomic E-state index is -0.115. The van der Waals surface area contributed by atoms with E-state index >= 15 is 0 Å². The fraction of sp³-hybridized carbons (Fsp3) is 0.684. The van der Waals surface area contributed by atoms with Crippen molar-refractivity contribution in [2.24, 2.45) is 17.1 Å². The van der Waals surface area contributed by atoms with E-state index in [1.165, 1.54) is 36.0 Å². The molecule has 0 aliphatic heterocycles. The van der Waals surface area contributed by atoms with Gasteiger partial charge < -0.3 is 5.73 Å². The van der Waals surface area contributed by atoms with E-state index in [0.717, 1.165) is 18.8 Å². The first-order valence-electron chi connectivity index (χ1n) is 8.09. The Balaban J connectivity index is 2.25. The maximum Gasteiger partial charge on any atom is 0.0412 e.